The van der Waals surface area contributed by atoms with Crippen LogP contribution in [-0.4, -0.2) is 96.7 Å². The standard InChI is InChI=1S/C86H168O17P2/c1-6-9-12-15-18-20-22-24-26-28-30-32-33-35-37-39-43-47-51-56-61-66-71-86(91)103-82(76-97-84(89)70-65-60-55-50-46-42-38-36-34-31-29-27-25-23-21-19-16-13-10-7-2)78-101-105(94,95)99-74-80(87)73-98-104(92,93)100-77-81(75-96-83(88)69-64-59-53-17-14-11-8-3)102-85(90)72-67-62-57-52-48-44-40-41-45-49-54-58-63-68-79(4)5/h79-82,87H,6-78H2,1-5H3,(H,92,93)(H,94,95)/t80-,81+,82+/m0/s1. The number of ether oxygens (including phenoxy) is 4. The van der Waals surface area contributed by atoms with Crippen LogP contribution in [0.2, 0.25) is 0 Å². The number of aliphatic hydroxyl groups is 1. The zero-order valence-corrected chi connectivity index (χ0v) is 70.7. The number of unbranched alkanes of at least 4 members (excludes halogenated alkanes) is 58. The molecular formula is C86H168O17P2. The minimum atomic E-state index is -4.96. The minimum Gasteiger partial charge on any atom is -0.462 e. The van der Waals surface area contributed by atoms with Gasteiger partial charge < -0.3 is 33.8 Å². The molecule has 2 unspecified atom stereocenters. The summed E-state index contributed by atoms with van der Waals surface area (Å²) >= 11 is 0. The predicted molar refractivity (Wildman–Crippen MR) is 432 cm³/mol. The van der Waals surface area contributed by atoms with Crippen LogP contribution in [0.15, 0.2) is 0 Å². The van der Waals surface area contributed by atoms with Crippen LogP contribution in [-0.2, 0) is 65.4 Å². The highest BCUT2D eigenvalue weighted by Gasteiger charge is 2.30. The maximum atomic E-state index is 13.1. The summed E-state index contributed by atoms with van der Waals surface area (Å²) in [7, 11) is -9.92. The zero-order valence-electron chi connectivity index (χ0n) is 68.9. The summed E-state index contributed by atoms with van der Waals surface area (Å²) in [6.07, 6.45) is 72.6. The quantitative estimate of drug-likeness (QED) is 0.0222. The summed E-state index contributed by atoms with van der Waals surface area (Å²) in [6, 6.07) is 0. The van der Waals surface area contributed by atoms with Gasteiger partial charge in [-0.25, -0.2) is 9.13 Å². The Kier molecular flexibility index (Phi) is 77.3. The second kappa shape index (κ2) is 78.7. The lowest BCUT2D eigenvalue weighted by atomic mass is 10.0. The summed E-state index contributed by atoms with van der Waals surface area (Å²) in [5.74, 6) is -1.32. The van der Waals surface area contributed by atoms with E-state index in [1.54, 1.807) is 0 Å². The maximum absolute atomic E-state index is 13.1. The summed E-state index contributed by atoms with van der Waals surface area (Å²) in [5.41, 5.74) is 0. The van der Waals surface area contributed by atoms with E-state index in [2.05, 4.69) is 34.6 Å². The van der Waals surface area contributed by atoms with Gasteiger partial charge >= 0.3 is 39.5 Å². The lowest BCUT2D eigenvalue weighted by Gasteiger charge is -2.21. The van der Waals surface area contributed by atoms with Gasteiger partial charge in [0.15, 0.2) is 12.2 Å². The van der Waals surface area contributed by atoms with Crippen molar-refractivity contribution in [2.45, 2.75) is 483 Å². The molecule has 5 atom stereocenters. The summed E-state index contributed by atoms with van der Waals surface area (Å²) in [5, 5.41) is 10.7. The van der Waals surface area contributed by atoms with Crippen LogP contribution in [0.5, 0.6) is 0 Å². The van der Waals surface area contributed by atoms with Gasteiger partial charge in [0.2, 0.25) is 0 Å². The highest BCUT2D eigenvalue weighted by molar-refractivity contribution is 7.47. The molecule has 0 radical (unpaired) electrons. The van der Waals surface area contributed by atoms with Gasteiger partial charge in [0, 0.05) is 25.7 Å². The van der Waals surface area contributed by atoms with E-state index in [9.17, 15) is 43.2 Å². The smallest absolute Gasteiger partial charge is 0.462 e. The van der Waals surface area contributed by atoms with Gasteiger partial charge in [0.05, 0.1) is 26.4 Å². The van der Waals surface area contributed by atoms with Crippen molar-refractivity contribution in [2.75, 3.05) is 39.6 Å². The van der Waals surface area contributed by atoms with Crippen molar-refractivity contribution in [3.8, 4) is 0 Å². The van der Waals surface area contributed by atoms with E-state index < -0.39 is 97.5 Å². The van der Waals surface area contributed by atoms with Crippen LogP contribution in [0.25, 0.3) is 0 Å². The number of carbonyl (C=O) groups excluding carboxylic acids is 4. The van der Waals surface area contributed by atoms with Crippen molar-refractivity contribution >= 4 is 39.5 Å². The number of hydrogen-bond donors (Lipinski definition) is 3. The van der Waals surface area contributed by atoms with E-state index in [1.165, 1.54) is 276 Å². The third kappa shape index (κ3) is 79.9. The highest BCUT2D eigenvalue weighted by Crippen LogP contribution is 2.45. The molecule has 17 nitrogen and oxygen atoms in total. The van der Waals surface area contributed by atoms with Gasteiger partial charge in [-0.2, -0.15) is 0 Å². The number of esters is 4. The average Bonchev–Trinajstić information content (AvgIpc) is 0.909. The van der Waals surface area contributed by atoms with Gasteiger partial charge in [-0.05, 0) is 31.6 Å². The van der Waals surface area contributed by atoms with Crippen molar-refractivity contribution in [1.29, 1.82) is 0 Å². The van der Waals surface area contributed by atoms with Crippen LogP contribution in [0.3, 0.4) is 0 Å². The molecule has 3 N–H and O–H groups in total. The SMILES string of the molecule is CCCCCCCCCCCCCCCCCCCCCCCCC(=O)O[C@H](COC(=O)CCCCCCCCCCCCCCCCCCCCCC)COP(=O)(O)OC[C@@H](O)COP(=O)(O)OC[C@@H](COC(=O)CCCCCCCCC)OC(=O)CCCCCCCCCCCCCCCC(C)C. The third-order valence-corrected chi connectivity index (χ3v) is 22.2. The molecule has 0 amide bonds. The topological polar surface area (TPSA) is 237 Å². The molecule has 0 spiro atoms. The second-order valence-electron chi connectivity index (χ2n) is 31.4. The van der Waals surface area contributed by atoms with Crippen molar-refractivity contribution in [2.24, 2.45) is 5.92 Å². The fourth-order valence-corrected chi connectivity index (χ4v) is 15.1. The number of rotatable bonds is 86. The van der Waals surface area contributed by atoms with Crippen LogP contribution in [0, 0.1) is 5.92 Å². The molecular weight excluding hydrogens is 1370 g/mol. The molecule has 0 aliphatic carbocycles. The van der Waals surface area contributed by atoms with Gasteiger partial charge in [-0.1, -0.05) is 413 Å². The zero-order chi connectivity index (χ0) is 76.9. The molecule has 0 aromatic heterocycles. The summed E-state index contributed by atoms with van der Waals surface area (Å²) in [6.45, 7) is 7.33. The van der Waals surface area contributed by atoms with Crippen LogP contribution in [0.4, 0.5) is 0 Å². The van der Waals surface area contributed by atoms with E-state index in [4.69, 9.17) is 37.0 Å². The number of phosphoric ester groups is 2. The van der Waals surface area contributed by atoms with E-state index in [1.807, 2.05) is 0 Å². The Labute approximate surface area is 645 Å². The van der Waals surface area contributed by atoms with E-state index in [-0.39, 0.29) is 25.7 Å². The Bertz CT molecular complexity index is 2000. The highest BCUT2D eigenvalue weighted by atomic mass is 31.2. The van der Waals surface area contributed by atoms with E-state index in [0.29, 0.717) is 25.7 Å². The average molecular weight is 1540 g/mol. The molecule has 0 aliphatic rings. The van der Waals surface area contributed by atoms with Crippen LogP contribution < -0.4 is 0 Å². The lowest BCUT2D eigenvalue weighted by Crippen LogP contribution is -2.30. The Morgan fingerprint density at radius 1 is 0.257 bits per heavy atom. The van der Waals surface area contributed by atoms with Gasteiger partial charge in [0.1, 0.15) is 19.3 Å². The van der Waals surface area contributed by atoms with Gasteiger partial charge in [-0.3, -0.25) is 37.3 Å². The fourth-order valence-electron chi connectivity index (χ4n) is 13.5. The summed E-state index contributed by atoms with van der Waals surface area (Å²) in [4.78, 5) is 73.0. The van der Waals surface area contributed by atoms with E-state index in [0.717, 1.165) is 109 Å². The molecule has 624 valence electrons. The first-order valence-electron chi connectivity index (χ1n) is 44.6. The second-order valence-corrected chi connectivity index (χ2v) is 34.3. The first-order chi connectivity index (χ1) is 51.0. The molecule has 0 aromatic carbocycles. The van der Waals surface area contributed by atoms with Crippen molar-refractivity contribution < 1.29 is 80.2 Å². The lowest BCUT2D eigenvalue weighted by molar-refractivity contribution is -0.161. The first kappa shape index (κ1) is 103. The molecule has 0 saturated heterocycles. The largest absolute Gasteiger partial charge is 0.472 e. The summed E-state index contributed by atoms with van der Waals surface area (Å²) < 4.78 is 68.8. The van der Waals surface area contributed by atoms with Crippen molar-refractivity contribution in [3.05, 3.63) is 0 Å². The molecule has 0 rings (SSSR count). The Balaban J connectivity index is 5.15. The monoisotopic (exact) mass is 1540 g/mol. The molecule has 0 fully saturated rings. The molecule has 105 heavy (non-hydrogen) atoms. The van der Waals surface area contributed by atoms with Crippen molar-refractivity contribution in [3.63, 3.8) is 0 Å². The Morgan fingerprint density at radius 3 is 0.648 bits per heavy atom. The molecule has 0 aromatic rings. The number of carbonyl (C=O) groups is 4. The normalized spacial score (nSPS) is 13.8. The molecule has 0 bridgehead atoms. The van der Waals surface area contributed by atoms with Crippen LogP contribution >= 0.6 is 15.6 Å². The molecule has 0 heterocycles. The first-order valence-corrected chi connectivity index (χ1v) is 47.6. The third-order valence-electron chi connectivity index (χ3n) is 20.3. The molecule has 19 heteroatoms. The fraction of sp³-hybridized carbons (Fsp3) is 0.953. The van der Waals surface area contributed by atoms with Crippen molar-refractivity contribution in [1.82, 2.24) is 0 Å². The Hall–Kier alpha value is -1.94. The number of aliphatic hydroxyl groups excluding tert-OH is 1. The molecule has 0 saturated carbocycles. The minimum absolute atomic E-state index is 0.107. The Morgan fingerprint density at radius 2 is 0.438 bits per heavy atom. The van der Waals surface area contributed by atoms with Crippen LogP contribution in [0.1, 0.15) is 465 Å². The molecule has 0 aliphatic heterocycles. The number of phosphoric acid groups is 2. The predicted octanol–water partition coefficient (Wildman–Crippen LogP) is 26.4. The van der Waals surface area contributed by atoms with Gasteiger partial charge in [0.25, 0.3) is 0 Å². The van der Waals surface area contributed by atoms with E-state index >= 15 is 0 Å². The maximum Gasteiger partial charge on any atom is 0.472 e. The van der Waals surface area contributed by atoms with Gasteiger partial charge in [-0.15, -0.1) is 0 Å². The number of hydrogen-bond acceptors (Lipinski definition) is 15.